The number of unbranched alkanes of at least 4 members (excludes halogenated alkanes) is 16. The number of esters is 3. The number of carbonyl (C=O) groups is 3. The summed E-state index contributed by atoms with van der Waals surface area (Å²) < 4.78 is 17.4. The Morgan fingerprint density at radius 1 is 0.407 bits per heavy atom. The Hall–Kier alpha value is -1.63. The van der Waals surface area contributed by atoms with E-state index in [1.54, 1.807) is 0 Å². The number of carbonyl (C=O) groups excluding carboxylic acids is 3. The maximum Gasteiger partial charge on any atom is 0.306 e. The van der Waals surface area contributed by atoms with Crippen molar-refractivity contribution in [2.24, 2.45) is 11.8 Å². The molecule has 0 aromatic rings. The monoisotopic (exact) mass is 834 g/mol. The van der Waals surface area contributed by atoms with Crippen molar-refractivity contribution in [2.45, 2.75) is 271 Å². The van der Waals surface area contributed by atoms with Gasteiger partial charge >= 0.3 is 17.9 Å². The molecule has 0 unspecified atom stereocenters. The number of nitrogens with zero attached hydrogens (tertiary/aromatic N) is 1. The van der Waals surface area contributed by atoms with E-state index in [9.17, 15) is 14.4 Å². The predicted octanol–water partition coefficient (Wildman–Crippen LogP) is 15.0. The molecule has 59 heavy (non-hydrogen) atoms. The van der Waals surface area contributed by atoms with Crippen molar-refractivity contribution >= 4 is 17.9 Å². The molecule has 1 aliphatic rings. The lowest BCUT2D eigenvalue weighted by Crippen LogP contribution is -2.31. The molecule has 0 N–H and O–H groups in total. The van der Waals surface area contributed by atoms with E-state index in [0.717, 1.165) is 116 Å². The zero-order valence-electron chi connectivity index (χ0n) is 39.8. The average molecular weight is 834 g/mol. The first-order chi connectivity index (χ1) is 28.9. The van der Waals surface area contributed by atoms with Gasteiger partial charge in [-0.15, -0.1) is 0 Å². The van der Waals surface area contributed by atoms with Gasteiger partial charge in [0.1, 0.15) is 6.10 Å². The average Bonchev–Trinajstić information content (AvgIpc) is 3.23. The van der Waals surface area contributed by atoms with Crippen molar-refractivity contribution in [1.82, 2.24) is 4.90 Å². The molecule has 1 saturated heterocycles. The van der Waals surface area contributed by atoms with Crippen LogP contribution in [0.5, 0.6) is 0 Å². The third-order valence-corrected chi connectivity index (χ3v) is 12.9. The van der Waals surface area contributed by atoms with Crippen LogP contribution in [0.1, 0.15) is 265 Å². The van der Waals surface area contributed by atoms with Gasteiger partial charge in [0.15, 0.2) is 0 Å². The van der Waals surface area contributed by atoms with Gasteiger partial charge in [0.25, 0.3) is 0 Å². The van der Waals surface area contributed by atoms with Gasteiger partial charge in [0.05, 0.1) is 13.2 Å². The number of hydrogen-bond donors (Lipinski definition) is 0. The standard InChI is InChI=1S/C52H99NO6/c1-5-9-20-31-47(32-21-10-6-2)40-45-57-50(54)37-26-17-13-15-24-35-49(59-52(56)39-30-44-53-42-28-19-29-43-53)36-25-16-14-18-27-38-51(55)58-46-41-48(33-22-11-7-3)34-23-12-8-4/h47-49H,5-46H2,1-4H3. The highest BCUT2D eigenvalue weighted by atomic mass is 16.5. The van der Waals surface area contributed by atoms with Crippen LogP contribution in [0.3, 0.4) is 0 Å². The number of likely N-dealkylation sites (tertiary alicyclic amines) is 1. The lowest BCUT2D eigenvalue weighted by atomic mass is 9.92. The highest BCUT2D eigenvalue weighted by Gasteiger charge is 2.17. The first-order valence-corrected chi connectivity index (χ1v) is 26.1. The maximum absolute atomic E-state index is 12.9. The lowest BCUT2D eigenvalue weighted by molar-refractivity contribution is -0.150. The molecule has 0 atom stereocenters. The van der Waals surface area contributed by atoms with Gasteiger partial charge in [-0.2, -0.15) is 0 Å². The SMILES string of the molecule is CCCCCC(CCCCC)CCOC(=O)CCCCCCCC(CCCCCCCC(=O)OCCC(CCCCC)CCCCC)OC(=O)CCCN1CCCCC1. The summed E-state index contributed by atoms with van der Waals surface area (Å²) in [5.74, 6) is 1.28. The second-order valence-electron chi connectivity index (χ2n) is 18.5. The van der Waals surface area contributed by atoms with Gasteiger partial charge in [-0.3, -0.25) is 14.4 Å². The summed E-state index contributed by atoms with van der Waals surface area (Å²) in [5, 5.41) is 0. The summed E-state index contributed by atoms with van der Waals surface area (Å²) in [6.07, 6.45) is 41.0. The van der Waals surface area contributed by atoms with E-state index < -0.39 is 0 Å². The topological polar surface area (TPSA) is 82.1 Å². The molecule has 0 aliphatic carbocycles. The fourth-order valence-electron chi connectivity index (χ4n) is 8.90. The molecule has 0 aromatic carbocycles. The molecule has 0 saturated carbocycles. The second kappa shape index (κ2) is 41.7. The number of piperidine rings is 1. The molecular formula is C52H99NO6. The Morgan fingerprint density at radius 2 is 0.780 bits per heavy atom. The summed E-state index contributed by atoms with van der Waals surface area (Å²) in [5.41, 5.74) is 0. The molecule has 1 heterocycles. The minimum absolute atomic E-state index is 0.0111. The Balaban J connectivity index is 2.33. The van der Waals surface area contributed by atoms with E-state index in [0.29, 0.717) is 44.3 Å². The van der Waals surface area contributed by atoms with Gasteiger partial charge in [0, 0.05) is 19.3 Å². The Morgan fingerprint density at radius 3 is 1.20 bits per heavy atom. The molecule has 7 heteroatoms. The van der Waals surface area contributed by atoms with Crippen molar-refractivity contribution < 1.29 is 28.6 Å². The van der Waals surface area contributed by atoms with Crippen LogP contribution in [-0.2, 0) is 28.6 Å². The van der Waals surface area contributed by atoms with Crippen LogP contribution in [-0.4, -0.2) is 61.8 Å². The number of rotatable bonds is 43. The summed E-state index contributed by atoms with van der Waals surface area (Å²) in [4.78, 5) is 40.3. The summed E-state index contributed by atoms with van der Waals surface area (Å²) in [6.45, 7) is 13.5. The number of hydrogen-bond acceptors (Lipinski definition) is 7. The molecule has 1 aliphatic heterocycles. The highest BCUT2D eigenvalue weighted by Crippen LogP contribution is 2.23. The molecule has 7 nitrogen and oxygen atoms in total. The Kier molecular flexibility index (Phi) is 39.2. The highest BCUT2D eigenvalue weighted by molar-refractivity contribution is 5.70. The minimum Gasteiger partial charge on any atom is -0.466 e. The fraction of sp³-hybridized carbons (Fsp3) is 0.942. The van der Waals surface area contributed by atoms with E-state index in [4.69, 9.17) is 14.2 Å². The van der Waals surface area contributed by atoms with E-state index >= 15 is 0 Å². The zero-order valence-corrected chi connectivity index (χ0v) is 39.8. The van der Waals surface area contributed by atoms with Crippen molar-refractivity contribution in [3.8, 4) is 0 Å². The van der Waals surface area contributed by atoms with E-state index in [2.05, 4.69) is 32.6 Å². The summed E-state index contributed by atoms with van der Waals surface area (Å²) >= 11 is 0. The molecule has 348 valence electrons. The van der Waals surface area contributed by atoms with Crippen LogP contribution >= 0.6 is 0 Å². The third kappa shape index (κ3) is 35.6. The van der Waals surface area contributed by atoms with E-state index in [-0.39, 0.29) is 24.0 Å². The summed E-state index contributed by atoms with van der Waals surface area (Å²) in [7, 11) is 0. The molecule has 0 spiro atoms. The lowest BCUT2D eigenvalue weighted by Gasteiger charge is -2.26. The zero-order chi connectivity index (χ0) is 42.9. The van der Waals surface area contributed by atoms with Crippen LogP contribution in [0.4, 0.5) is 0 Å². The second-order valence-corrected chi connectivity index (χ2v) is 18.5. The van der Waals surface area contributed by atoms with Crippen LogP contribution < -0.4 is 0 Å². The Bertz CT molecular complexity index is 875. The largest absolute Gasteiger partial charge is 0.466 e. The molecule has 0 aromatic heterocycles. The van der Waals surface area contributed by atoms with Gasteiger partial charge in [0.2, 0.25) is 0 Å². The first kappa shape index (κ1) is 55.4. The minimum atomic E-state index is -0.0366. The molecule has 0 amide bonds. The Labute approximate surface area is 366 Å². The number of ether oxygens (including phenoxy) is 3. The molecular weight excluding hydrogens is 735 g/mol. The molecule has 0 bridgehead atoms. The smallest absolute Gasteiger partial charge is 0.306 e. The molecule has 1 fully saturated rings. The van der Waals surface area contributed by atoms with E-state index in [1.807, 2.05) is 0 Å². The van der Waals surface area contributed by atoms with Gasteiger partial charge in [-0.25, -0.2) is 0 Å². The van der Waals surface area contributed by atoms with E-state index in [1.165, 1.54) is 122 Å². The maximum atomic E-state index is 12.9. The summed E-state index contributed by atoms with van der Waals surface area (Å²) in [6, 6.07) is 0. The first-order valence-electron chi connectivity index (χ1n) is 26.1. The fourth-order valence-corrected chi connectivity index (χ4v) is 8.90. The van der Waals surface area contributed by atoms with Crippen molar-refractivity contribution in [1.29, 1.82) is 0 Å². The van der Waals surface area contributed by atoms with Gasteiger partial charge < -0.3 is 19.1 Å². The van der Waals surface area contributed by atoms with Crippen LogP contribution in [0.25, 0.3) is 0 Å². The predicted molar refractivity (Wildman–Crippen MR) is 249 cm³/mol. The molecule has 1 rings (SSSR count). The van der Waals surface area contributed by atoms with Crippen molar-refractivity contribution in [2.75, 3.05) is 32.8 Å². The quantitative estimate of drug-likeness (QED) is 0.0344. The third-order valence-electron chi connectivity index (χ3n) is 12.9. The van der Waals surface area contributed by atoms with Gasteiger partial charge in [-0.1, -0.05) is 175 Å². The van der Waals surface area contributed by atoms with Crippen LogP contribution in [0, 0.1) is 11.8 Å². The molecule has 0 radical (unpaired) electrons. The van der Waals surface area contributed by atoms with Crippen LogP contribution in [0.15, 0.2) is 0 Å². The van der Waals surface area contributed by atoms with Crippen molar-refractivity contribution in [3.05, 3.63) is 0 Å². The van der Waals surface area contributed by atoms with Crippen molar-refractivity contribution in [3.63, 3.8) is 0 Å². The normalized spacial score (nSPS) is 13.5. The van der Waals surface area contributed by atoms with Gasteiger partial charge in [-0.05, 0) is 102 Å². The van der Waals surface area contributed by atoms with Crippen LogP contribution in [0.2, 0.25) is 0 Å².